The van der Waals surface area contributed by atoms with Gasteiger partial charge in [-0.05, 0) is 30.7 Å². The molecule has 0 saturated carbocycles. The molecule has 0 saturated heterocycles. The van der Waals surface area contributed by atoms with E-state index < -0.39 is 11.7 Å². The first-order valence-electron chi connectivity index (χ1n) is 8.09. The topological polar surface area (TPSA) is 126 Å². The van der Waals surface area contributed by atoms with E-state index in [1.807, 2.05) is 0 Å². The van der Waals surface area contributed by atoms with Gasteiger partial charge >= 0.3 is 0 Å². The van der Waals surface area contributed by atoms with Crippen LogP contribution in [0, 0.1) is 12.7 Å². The van der Waals surface area contributed by atoms with Crippen molar-refractivity contribution in [2.24, 2.45) is 0 Å². The van der Waals surface area contributed by atoms with E-state index in [0.29, 0.717) is 22.9 Å². The molecule has 1 amide bonds. The Labute approximate surface area is 153 Å². The third-order valence-corrected chi connectivity index (χ3v) is 3.51. The first-order chi connectivity index (χ1) is 13.1. The molecule has 0 unspecified atom stereocenters. The zero-order valence-electron chi connectivity index (χ0n) is 14.4. The van der Waals surface area contributed by atoms with E-state index in [9.17, 15) is 9.18 Å². The summed E-state index contributed by atoms with van der Waals surface area (Å²) in [5.74, 6) is -0.177. The van der Waals surface area contributed by atoms with Crippen molar-refractivity contribution in [3.8, 4) is 17.3 Å². The zero-order chi connectivity index (χ0) is 19.2. The highest BCUT2D eigenvalue weighted by Gasteiger charge is 2.14. The van der Waals surface area contributed by atoms with Crippen molar-refractivity contribution in [2.75, 3.05) is 13.2 Å². The zero-order valence-corrected chi connectivity index (χ0v) is 14.4. The SMILES string of the molecule is Cc1nc(C(=O)NCc2ccc(F)c(OCCO)c2)cc(-c2nc[nH]n2)n1. The van der Waals surface area contributed by atoms with Gasteiger partial charge in [0.05, 0.1) is 6.61 Å². The van der Waals surface area contributed by atoms with Crippen LogP contribution in [-0.2, 0) is 6.54 Å². The molecule has 27 heavy (non-hydrogen) atoms. The van der Waals surface area contributed by atoms with E-state index >= 15 is 0 Å². The highest BCUT2D eigenvalue weighted by Crippen LogP contribution is 2.19. The van der Waals surface area contributed by atoms with Gasteiger partial charge in [0, 0.05) is 6.54 Å². The summed E-state index contributed by atoms with van der Waals surface area (Å²) in [5, 5.41) is 18.0. The van der Waals surface area contributed by atoms with Crippen LogP contribution in [0.1, 0.15) is 21.9 Å². The summed E-state index contributed by atoms with van der Waals surface area (Å²) in [7, 11) is 0. The molecule has 0 bridgehead atoms. The quantitative estimate of drug-likeness (QED) is 0.565. The molecule has 0 aliphatic rings. The van der Waals surface area contributed by atoms with Crippen molar-refractivity contribution in [2.45, 2.75) is 13.5 Å². The number of aromatic nitrogens is 5. The fourth-order valence-corrected chi connectivity index (χ4v) is 2.33. The van der Waals surface area contributed by atoms with Crippen molar-refractivity contribution in [3.05, 3.63) is 53.5 Å². The average molecular weight is 372 g/mol. The second kappa shape index (κ2) is 8.32. The number of benzene rings is 1. The molecule has 2 heterocycles. The lowest BCUT2D eigenvalue weighted by atomic mass is 10.2. The van der Waals surface area contributed by atoms with E-state index in [-0.39, 0.29) is 31.2 Å². The van der Waals surface area contributed by atoms with Crippen molar-refractivity contribution < 1.29 is 19.0 Å². The summed E-state index contributed by atoms with van der Waals surface area (Å²) in [6.45, 7) is 1.57. The first kappa shape index (κ1) is 18.4. The number of aliphatic hydroxyl groups is 1. The lowest BCUT2D eigenvalue weighted by molar-refractivity contribution is 0.0945. The summed E-state index contributed by atoms with van der Waals surface area (Å²) in [6, 6.07) is 5.73. The molecule has 0 aliphatic heterocycles. The molecule has 3 aromatic rings. The van der Waals surface area contributed by atoms with Crippen LogP contribution in [-0.4, -0.2) is 49.4 Å². The van der Waals surface area contributed by atoms with Crippen LogP contribution in [0.3, 0.4) is 0 Å². The van der Waals surface area contributed by atoms with E-state index in [2.05, 4.69) is 30.5 Å². The number of rotatable bonds is 7. The molecule has 0 atom stereocenters. The van der Waals surface area contributed by atoms with E-state index in [0.717, 1.165) is 0 Å². The van der Waals surface area contributed by atoms with Gasteiger partial charge in [0.25, 0.3) is 5.91 Å². The molecule has 0 aliphatic carbocycles. The number of halogens is 1. The van der Waals surface area contributed by atoms with Crippen LogP contribution >= 0.6 is 0 Å². The fraction of sp³-hybridized carbons (Fsp3) is 0.235. The Morgan fingerprint density at radius 2 is 2.19 bits per heavy atom. The molecule has 1 aromatic carbocycles. The largest absolute Gasteiger partial charge is 0.488 e. The molecule has 0 fully saturated rings. The standard InChI is InChI=1S/C17H17FN6O3/c1-10-22-13(16-20-9-21-24-16)7-14(23-10)17(26)19-8-11-2-3-12(18)15(6-11)27-5-4-25/h2-3,6-7,9,25H,4-5,8H2,1H3,(H,19,26)(H,20,21,24). The lowest BCUT2D eigenvalue weighted by Crippen LogP contribution is -2.24. The number of hydrogen-bond acceptors (Lipinski definition) is 7. The Morgan fingerprint density at radius 1 is 1.33 bits per heavy atom. The molecule has 2 aromatic heterocycles. The summed E-state index contributed by atoms with van der Waals surface area (Å²) in [4.78, 5) is 24.8. The molecule has 0 spiro atoms. The second-order valence-electron chi connectivity index (χ2n) is 5.53. The Hall–Kier alpha value is -3.40. The Bertz CT molecular complexity index is 932. The Balaban J connectivity index is 1.71. The van der Waals surface area contributed by atoms with Crippen molar-refractivity contribution in [3.63, 3.8) is 0 Å². The fourth-order valence-electron chi connectivity index (χ4n) is 2.33. The van der Waals surface area contributed by atoms with Crippen molar-refractivity contribution in [1.29, 1.82) is 0 Å². The number of ether oxygens (including phenoxy) is 1. The average Bonchev–Trinajstić information content (AvgIpc) is 3.20. The third-order valence-electron chi connectivity index (χ3n) is 3.51. The molecule has 9 nitrogen and oxygen atoms in total. The number of amides is 1. The number of nitrogens with zero attached hydrogens (tertiary/aromatic N) is 4. The molecule has 140 valence electrons. The first-order valence-corrected chi connectivity index (χ1v) is 8.09. The summed E-state index contributed by atoms with van der Waals surface area (Å²) >= 11 is 0. The number of aromatic amines is 1. The van der Waals surface area contributed by atoms with Crippen molar-refractivity contribution >= 4 is 5.91 Å². The van der Waals surface area contributed by atoms with Crippen LogP contribution in [0.5, 0.6) is 5.75 Å². The smallest absolute Gasteiger partial charge is 0.270 e. The molecular formula is C17H17FN6O3. The van der Waals surface area contributed by atoms with Crippen LogP contribution in [0.4, 0.5) is 4.39 Å². The number of hydrogen-bond donors (Lipinski definition) is 3. The summed E-state index contributed by atoms with van der Waals surface area (Å²) in [5.41, 5.74) is 1.23. The van der Waals surface area contributed by atoms with Gasteiger partial charge in [-0.1, -0.05) is 6.07 Å². The highest BCUT2D eigenvalue weighted by atomic mass is 19.1. The van der Waals surface area contributed by atoms with Crippen LogP contribution in [0.2, 0.25) is 0 Å². The second-order valence-corrected chi connectivity index (χ2v) is 5.53. The van der Waals surface area contributed by atoms with Gasteiger partial charge in [0.2, 0.25) is 0 Å². The number of aliphatic hydroxyl groups excluding tert-OH is 1. The van der Waals surface area contributed by atoms with Crippen LogP contribution in [0.15, 0.2) is 30.6 Å². The number of H-pyrrole nitrogens is 1. The maximum absolute atomic E-state index is 13.7. The number of aryl methyl sites for hydroxylation is 1. The lowest BCUT2D eigenvalue weighted by Gasteiger charge is -2.09. The highest BCUT2D eigenvalue weighted by molar-refractivity contribution is 5.93. The minimum atomic E-state index is -0.541. The minimum absolute atomic E-state index is 0.0144. The van der Waals surface area contributed by atoms with E-state index in [1.54, 1.807) is 6.92 Å². The van der Waals surface area contributed by atoms with Gasteiger partial charge in [0.15, 0.2) is 17.4 Å². The molecule has 0 radical (unpaired) electrons. The summed E-state index contributed by atoms with van der Waals surface area (Å²) in [6.07, 6.45) is 1.41. The molecule has 3 rings (SSSR count). The Morgan fingerprint density at radius 3 is 2.93 bits per heavy atom. The number of carbonyl (C=O) groups excluding carboxylic acids is 1. The number of carbonyl (C=O) groups is 1. The van der Waals surface area contributed by atoms with Crippen LogP contribution < -0.4 is 10.1 Å². The van der Waals surface area contributed by atoms with Gasteiger partial charge in [0.1, 0.15) is 30.1 Å². The van der Waals surface area contributed by atoms with Gasteiger partial charge in [-0.2, -0.15) is 5.10 Å². The van der Waals surface area contributed by atoms with E-state index in [4.69, 9.17) is 9.84 Å². The molecular weight excluding hydrogens is 355 g/mol. The van der Waals surface area contributed by atoms with Crippen LogP contribution in [0.25, 0.3) is 11.5 Å². The Kier molecular flexibility index (Phi) is 5.67. The summed E-state index contributed by atoms with van der Waals surface area (Å²) < 4.78 is 18.8. The predicted octanol–water partition coefficient (Wildman–Crippen LogP) is 1.01. The monoisotopic (exact) mass is 372 g/mol. The third kappa shape index (κ3) is 4.61. The normalized spacial score (nSPS) is 10.6. The van der Waals surface area contributed by atoms with Crippen molar-refractivity contribution in [1.82, 2.24) is 30.5 Å². The van der Waals surface area contributed by atoms with Gasteiger partial charge in [-0.25, -0.2) is 19.3 Å². The maximum atomic E-state index is 13.7. The minimum Gasteiger partial charge on any atom is -0.488 e. The van der Waals surface area contributed by atoms with E-state index in [1.165, 1.54) is 30.6 Å². The molecule has 3 N–H and O–H groups in total. The van der Waals surface area contributed by atoms with Gasteiger partial charge in [-0.3, -0.25) is 9.89 Å². The van der Waals surface area contributed by atoms with Gasteiger partial charge < -0.3 is 15.2 Å². The number of nitrogens with one attached hydrogen (secondary N) is 2. The molecule has 10 heteroatoms. The maximum Gasteiger partial charge on any atom is 0.270 e. The van der Waals surface area contributed by atoms with Gasteiger partial charge in [-0.15, -0.1) is 0 Å². The predicted molar refractivity (Wildman–Crippen MR) is 92.3 cm³/mol.